The summed E-state index contributed by atoms with van der Waals surface area (Å²) in [5.41, 5.74) is 0. The van der Waals surface area contributed by atoms with Gasteiger partial charge >= 0.3 is 0 Å². The van der Waals surface area contributed by atoms with E-state index in [1.54, 1.807) is 0 Å². The van der Waals surface area contributed by atoms with E-state index in [2.05, 4.69) is 31.3 Å². The molecule has 19 heteroatoms. The highest BCUT2D eigenvalue weighted by atomic mass is 16.8. The number of allylic oxidation sites excluding steroid dienone is 2. The Hall–Kier alpha value is -1.47. The molecule has 0 aromatic rings. The molecule has 3 aliphatic rings. The van der Waals surface area contributed by atoms with E-state index in [1.165, 1.54) is 238 Å². The molecule has 3 aliphatic heterocycles. The maximum absolute atomic E-state index is 13.5. The van der Waals surface area contributed by atoms with Crippen LogP contribution in [0.3, 0.4) is 0 Å². The van der Waals surface area contributed by atoms with E-state index < -0.39 is 124 Å². The Kier molecular flexibility index (Phi) is 51.9. The number of amides is 1. The molecule has 3 fully saturated rings. The fraction of sp³-hybridized carbons (Fsp3) is 0.959. The first-order valence-electron chi connectivity index (χ1n) is 38.4. The van der Waals surface area contributed by atoms with Crippen LogP contribution in [0, 0.1) is 0 Å². The van der Waals surface area contributed by atoms with Gasteiger partial charge in [0.25, 0.3) is 0 Å². The molecule has 12 N–H and O–H groups in total. The van der Waals surface area contributed by atoms with E-state index in [1.807, 2.05) is 0 Å². The summed E-state index contributed by atoms with van der Waals surface area (Å²) in [7, 11) is 0. The second-order valence-electron chi connectivity index (χ2n) is 27.8. The van der Waals surface area contributed by atoms with Crippen LogP contribution in [-0.4, -0.2) is 193 Å². The van der Waals surface area contributed by atoms with Gasteiger partial charge in [-0.3, -0.25) is 4.79 Å². The lowest BCUT2D eigenvalue weighted by Gasteiger charge is -2.48. The number of aliphatic hydroxyl groups excluding tert-OH is 11. The van der Waals surface area contributed by atoms with Gasteiger partial charge in [-0.1, -0.05) is 289 Å². The van der Waals surface area contributed by atoms with Crippen molar-refractivity contribution in [3.05, 3.63) is 12.2 Å². The van der Waals surface area contributed by atoms with Gasteiger partial charge in [0, 0.05) is 6.42 Å². The van der Waals surface area contributed by atoms with Crippen molar-refractivity contribution in [3.63, 3.8) is 0 Å². The van der Waals surface area contributed by atoms with Crippen LogP contribution in [0.15, 0.2) is 12.2 Å². The third-order valence-electron chi connectivity index (χ3n) is 19.6. The predicted molar refractivity (Wildman–Crippen MR) is 365 cm³/mol. The summed E-state index contributed by atoms with van der Waals surface area (Å²) < 4.78 is 34.5. The highest BCUT2D eigenvalue weighted by Gasteiger charge is 2.53. The Morgan fingerprint density at radius 3 is 1.04 bits per heavy atom. The number of unbranched alkanes of at least 4 members (excludes halogenated alkanes) is 43. The summed E-state index contributed by atoms with van der Waals surface area (Å²) in [5.74, 6) is -0.239. The minimum atomic E-state index is -1.97. The van der Waals surface area contributed by atoms with Gasteiger partial charge in [-0.15, -0.1) is 0 Å². The van der Waals surface area contributed by atoms with Crippen molar-refractivity contribution in [1.82, 2.24) is 5.32 Å². The van der Waals surface area contributed by atoms with Crippen molar-refractivity contribution in [2.24, 2.45) is 0 Å². The lowest BCUT2D eigenvalue weighted by Crippen LogP contribution is -2.66. The first kappa shape index (κ1) is 85.8. The van der Waals surface area contributed by atoms with Gasteiger partial charge in [0.15, 0.2) is 18.9 Å². The molecule has 3 heterocycles. The second-order valence-corrected chi connectivity index (χ2v) is 27.8. The minimum Gasteiger partial charge on any atom is -0.394 e. The Morgan fingerprint density at radius 2 is 0.677 bits per heavy atom. The molecule has 19 nitrogen and oxygen atoms in total. The van der Waals surface area contributed by atoms with Crippen LogP contribution < -0.4 is 5.32 Å². The molecular formula is C74H141NO18. The normalized spacial score (nSPS) is 27.5. The molecular weight excluding hydrogens is 1190 g/mol. The molecule has 0 spiro atoms. The average molecular weight is 1330 g/mol. The van der Waals surface area contributed by atoms with Crippen LogP contribution in [0.5, 0.6) is 0 Å². The van der Waals surface area contributed by atoms with Crippen molar-refractivity contribution >= 4 is 5.91 Å². The molecule has 1 amide bonds. The van der Waals surface area contributed by atoms with E-state index >= 15 is 0 Å². The summed E-state index contributed by atoms with van der Waals surface area (Å²) in [6.45, 7) is 1.85. The Bertz CT molecular complexity index is 1730. The fourth-order valence-electron chi connectivity index (χ4n) is 13.4. The number of ether oxygens (including phenoxy) is 6. The maximum atomic E-state index is 13.5. The Morgan fingerprint density at radius 1 is 0.376 bits per heavy atom. The van der Waals surface area contributed by atoms with Crippen LogP contribution in [-0.2, 0) is 33.2 Å². The topological polar surface area (TPSA) is 307 Å². The zero-order chi connectivity index (χ0) is 67.5. The van der Waals surface area contributed by atoms with Crippen LogP contribution >= 0.6 is 0 Å². The first-order chi connectivity index (χ1) is 45.3. The van der Waals surface area contributed by atoms with E-state index in [-0.39, 0.29) is 18.9 Å². The molecule has 3 rings (SSSR count). The molecule has 0 bridgehead atoms. The standard InChI is InChI=1S/C74H141NO18/c1-3-5-7-9-11-13-15-17-19-21-23-25-26-27-28-29-30-32-33-35-37-39-41-43-45-47-49-51-58(79)57(75-62(80)52-50-48-46-44-42-40-38-36-34-31-24-22-20-18-16-14-12-10-8-6-4-2)56-88-72-68(86)65(83)70(60(54-77)90-72)93-74-69(87)66(84)71(61(55-78)91-74)92-73-67(85)64(82)63(81)59(53-76)89-73/h22,24,57-61,63-74,76-79,81-87H,3-21,23,25-56H2,1-2H3,(H,75,80)/b24-22-. The summed E-state index contributed by atoms with van der Waals surface area (Å²) in [6, 6.07) is -0.887. The van der Waals surface area contributed by atoms with E-state index in [4.69, 9.17) is 28.4 Å². The number of hydrogen-bond acceptors (Lipinski definition) is 18. The fourth-order valence-corrected chi connectivity index (χ4v) is 13.4. The monoisotopic (exact) mass is 1330 g/mol. The molecule has 0 aliphatic carbocycles. The SMILES string of the molecule is CCCCCCCCCC/C=C\CCCCCCCCCCCC(=O)NC(COC1OC(CO)C(OC2OC(CO)C(OC3OC(CO)C(O)C(O)C3O)C(O)C2O)C(O)C1O)C(O)CCCCCCCCCCCCCCCCCCCCCCCCCCCCC. The van der Waals surface area contributed by atoms with Crippen LogP contribution in [0.2, 0.25) is 0 Å². The van der Waals surface area contributed by atoms with E-state index in [9.17, 15) is 61.0 Å². The van der Waals surface area contributed by atoms with Gasteiger partial charge < -0.3 is 89.9 Å². The van der Waals surface area contributed by atoms with Crippen LogP contribution in [0.4, 0.5) is 0 Å². The van der Waals surface area contributed by atoms with Gasteiger partial charge in [0.2, 0.25) is 5.91 Å². The quantitative estimate of drug-likeness (QED) is 0.0199. The number of aliphatic hydroxyl groups is 11. The Balaban J connectivity index is 1.39. The van der Waals surface area contributed by atoms with Gasteiger partial charge in [-0.2, -0.15) is 0 Å². The number of rotatable bonds is 61. The highest BCUT2D eigenvalue weighted by Crippen LogP contribution is 2.33. The van der Waals surface area contributed by atoms with Crippen molar-refractivity contribution in [2.75, 3.05) is 26.4 Å². The number of carbonyl (C=O) groups is 1. The van der Waals surface area contributed by atoms with Gasteiger partial charge in [-0.25, -0.2) is 0 Å². The van der Waals surface area contributed by atoms with Crippen LogP contribution in [0.1, 0.15) is 322 Å². The number of carbonyl (C=O) groups excluding carboxylic acids is 1. The molecule has 3 saturated heterocycles. The highest BCUT2D eigenvalue weighted by molar-refractivity contribution is 5.76. The zero-order valence-electron chi connectivity index (χ0n) is 58.5. The third kappa shape index (κ3) is 37.5. The molecule has 0 aromatic heterocycles. The maximum Gasteiger partial charge on any atom is 0.220 e. The van der Waals surface area contributed by atoms with Crippen molar-refractivity contribution in [1.29, 1.82) is 0 Å². The summed E-state index contributed by atoms with van der Waals surface area (Å²) in [4.78, 5) is 13.5. The van der Waals surface area contributed by atoms with E-state index in [0.29, 0.717) is 12.8 Å². The summed E-state index contributed by atoms with van der Waals surface area (Å²) in [5, 5.41) is 121. The second kappa shape index (κ2) is 56.3. The predicted octanol–water partition coefficient (Wildman–Crippen LogP) is 11.6. The molecule has 0 aromatic carbocycles. The smallest absolute Gasteiger partial charge is 0.220 e. The number of hydrogen-bond donors (Lipinski definition) is 12. The molecule has 17 unspecified atom stereocenters. The van der Waals surface area contributed by atoms with Crippen molar-refractivity contribution < 1.29 is 89.4 Å². The zero-order valence-corrected chi connectivity index (χ0v) is 58.5. The third-order valence-corrected chi connectivity index (χ3v) is 19.6. The largest absolute Gasteiger partial charge is 0.394 e. The lowest BCUT2D eigenvalue weighted by molar-refractivity contribution is -0.379. The Labute approximate surface area is 563 Å². The number of nitrogens with one attached hydrogen (secondary N) is 1. The van der Waals surface area contributed by atoms with Crippen LogP contribution in [0.25, 0.3) is 0 Å². The molecule has 0 saturated carbocycles. The van der Waals surface area contributed by atoms with Crippen molar-refractivity contribution in [2.45, 2.75) is 426 Å². The average Bonchev–Trinajstić information content (AvgIpc) is 1.48. The first-order valence-corrected chi connectivity index (χ1v) is 38.4. The summed E-state index contributed by atoms with van der Waals surface area (Å²) in [6.07, 6.45) is 37.2. The van der Waals surface area contributed by atoms with E-state index in [0.717, 1.165) is 51.4 Å². The van der Waals surface area contributed by atoms with Gasteiger partial charge in [-0.05, 0) is 38.5 Å². The molecule has 93 heavy (non-hydrogen) atoms. The summed E-state index contributed by atoms with van der Waals surface area (Å²) >= 11 is 0. The van der Waals surface area contributed by atoms with Gasteiger partial charge in [0.1, 0.15) is 73.2 Å². The molecule has 550 valence electrons. The lowest BCUT2D eigenvalue weighted by atomic mass is 9.96. The molecule has 17 atom stereocenters. The minimum absolute atomic E-state index is 0.239. The molecule has 0 radical (unpaired) electrons. The van der Waals surface area contributed by atoms with Crippen molar-refractivity contribution in [3.8, 4) is 0 Å². The van der Waals surface area contributed by atoms with Gasteiger partial charge in [0.05, 0.1) is 38.6 Å².